The number of halogens is 3. The highest BCUT2D eigenvalue weighted by atomic mass is 35.5. The van der Waals surface area contributed by atoms with Crippen LogP contribution in [0.15, 0.2) is 36.4 Å². The summed E-state index contributed by atoms with van der Waals surface area (Å²) in [4.78, 5) is 8.38. The maximum absolute atomic E-state index is 13.2. The molecule has 0 N–H and O–H groups in total. The topological polar surface area (TPSA) is 19.4 Å². The standard InChI is InChI=1S/C16H16Cl2FN3/c17-13-5-4-12(10-14(13)18)11-21-6-8-22(9-7-21)16-3-1-2-15(19)20-16/h1-5,10H,6-9,11H2. The maximum atomic E-state index is 13.2. The van der Waals surface area contributed by atoms with Gasteiger partial charge in [-0.1, -0.05) is 35.3 Å². The fourth-order valence-corrected chi connectivity index (χ4v) is 2.93. The average molecular weight is 340 g/mol. The van der Waals surface area contributed by atoms with Gasteiger partial charge in [0.25, 0.3) is 0 Å². The molecular formula is C16H16Cl2FN3. The Kier molecular flexibility index (Phi) is 4.81. The zero-order valence-electron chi connectivity index (χ0n) is 12.0. The second-order valence-corrected chi connectivity index (χ2v) is 6.14. The predicted molar refractivity (Wildman–Crippen MR) is 88.1 cm³/mol. The molecule has 2 heterocycles. The summed E-state index contributed by atoms with van der Waals surface area (Å²) in [7, 11) is 0. The van der Waals surface area contributed by atoms with Crippen LogP contribution in [0.4, 0.5) is 10.2 Å². The minimum atomic E-state index is -0.435. The summed E-state index contributed by atoms with van der Waals surface area (Å²) < 4.78 is 13.2. The van der Waals surface area contributed by atoms with E-state index >= 15 is 0 Å². The molecule has 22 heavy (non-hydrogen) atoms. The van der Waals surface area contributed by atoms with Gasteiger partial charge in [-0.3, -0.25) is 4.90 Å². The van der Waals surface area contributed by atoms with E-state index in [1.807, 2.05) is 24.3 Å². The summed E-state index contributed by atoms with van der Waals surface area (Å²) in [5.41, 5.74) is 1.15. The van der Waals surface area contributed by atoms with Gasteiger partial charge in [0.05, 0.1) is 10.0 Å². The Morgan fingerprint density at radius 3 is 2.45 bits per heavy atom. The first-order chi connectivity index (χ1) is 10.6. The Hall–Kier alpha value is -1.36. The summed E-state index contributed by atoms with van der Waals surface area (Å²) >= 11 is 12.0. The molecule has 0 saturated carbocycles. The summed E-state index contributed by atoms with van der Waals surface area (Å²) in [6.45, 7) is 4.30. The van der Waals surface area contributed by atoms with Crippen LogP contribution in [-0.2, 0) is 6.54 Å². The lowest BCUT2D eigenvalue weighted by Crippen LogP contribution is -2.46. The number of pyridine rings is 1. The highest BCUT2D eigenvalue weighted by molar-refractivity contribution is 6.42. The Bertz CT molecular complexity index is 658. The molecule has 116 valence electrons. The van der Waals surface area contributed by atoms with E-state index in [0.717, 1.165) is 38.3 Å². The molecule has 3 nitrogen and oxygen atoms in total. The Morgan fingerprint density at radius 2 is 1.77 bits per heavy atom. The number of hydrogen-bond donors (Lipinski definition) is 0. The second-order valence-electron chi connectivity index (χ2n) is 5.33. The summed E-state index contributed by atoms with van der Waals surface area (Å²) in [5, 5.41) is 1.16. The third-order valence-electron chi connectivity index (χ3n) is 3.79. The molecule has 1 aliphatic heterocycles. The van der Waals surface area contributed by atoms with Crippen molar-refractivity contribution in [2.75, 3.05) is 31.1 Å². The van der Waals surface area contributed by atoms with Gasteiger partial charge in [-0.2, -0.15) is 4.39 Å². The lowest BCUT2D eigenvalue weighted by molar-refractivity contribution is 0.249. The number of anilines is 1. The van der Waals surface area contributed by atoms with Crippen molar-refractivity contribution in [2.45, 2.75) is 6.54 Å². The van der Waals surface area contributed by atoms with E-state index in [2.05, 4.69) is 14.8 Å². The Labute approximate surface area is 139 Å². The Morgan fingerprint density at radius 1 is 1.00 bits per heavy atom. The van der Waals surface area contributed by atoms with Crippen molar-refractivity contribution in [2.24, 2.45) is 0 Å². The summed E-state index contributed by atoms with van der Waals surface area (Å²) in [6.07, 6.45) is 0. The van der Waals surface area contributed by atoms with E-state index in [4.69, 9.17) is 23.2 Å². The van der Waals surface area contributed by atoms with Crippen LogP contribution in [0.1, 0.15) is 5.56 Å². The fourth-order valence-electron chi connectivity index (χ4n) is 2.60. The van der Waals surface area contributed by atoms with Crippen LogP contribution in [0.5, 0.6) is 0 Å². The molecular weight excluding hydrogens is 324 g/mol. The number of rotatable bonds is 3. The van der Waals surface area contributed by atoms with E-state index in [9.17, 15) is 4.39 Å². The van der Waals surface area contributed by atoms with E-state index in [-0.39, 0.29) is 0 Å². The largest absolute Gasteiger partial charge is 0.354 e. The molecule has 1 fully saturated rings. The van der Waals surface area contributed by atoms with E-state index < -0.39 is 5.95 Å². The van der Waals surface area contributed by atoms with Crippen molar-refractivity contribution >= 4 is 29.0 Å². The molecule has 2 aromatic rings. The average Bonchev–Trinajstić information content (AvgIpc) is 2.52. The molecule has 0 amide bonds. The number of aromatic nitrogens is 1. The first-order valence-corrected chi connectivity index (χ1v) is 7.91. The molecule has 1 aromatic heterocycles. The van der Waals surface area contributed by atoms with E-state index in [0.29, 0.717) is 15.9 Å². The number of benzene rings is 1. The normalized spacial score (nSPS) is 16.0. The van der Waals surface area contributed by atoms with Gasteiger partial charge in [-0.05, 0) is 29.8 Å². The van der Waals surface area contributed by atoms with Gasteiger partial charge >= 0.3 is 0 Å². The lowest BCUT2D eigenvalue weighted by atomic mass is 10.2. The fraction of sp³-hybridized carbons (Fsp3) is 0.312. The van der Waals surface area contributed by atoms with Crippen LogP contribution in [-0.4, -0.2) is 36.1 Å². The molecule has 1 aromatic carbocycles. The first kappa shape index (κ1) is 15.5. The molecule has 0 aliphatic carbocycles. The van der Waals surface area contributed by atoms with Crippen LogP contribution in [0, 0.1) is 5.95 Å². The highest BCUT2D eigenvalue weighted by Crippen LogP contribution is 2.23. The quantitative estimate of drug-likeness (QED) is 0.792. The molecule has 1 aliphatic rings. The molecule has 0 spiro atoms. The zero-order chi connectivity index (χ0) is 15.5. The summed E-state index contributed by atoms with van der Waals surface area (Å²) in [5.74, 6) is 0.268. The van der Waals surface area contributed by atoms with Gasteiger partial charge in [0.15, 0.2) is 0 Å². The molecule has 6 heteroatoms. The van der Waals surface area contributed by atoms with Crippen molar-refractivity contribution in [3.63, 3.8) is 0 Å². The van der Waals surface area contributed by atoms with Crippen LogP contribution < -0.4 is 4.90 Å². The second kappa shape index (κ2) is 6.82. The lowest BCUT2D eigenvalue weighted by Gasteiger charge is -2.35. The molecule has 0 radical (unpaired) electrons. The highest BCUT2D eigenvalue weighted by Gasteiger charge is 2.18. The minimum Gasteiger partial charge on any atom is -0.354 e. The van der Waals surface area contributed by atoms with Crippen molar-refractivity contribution in [3.8, 4) is 0 Å². The van der Waals surface area contributed by atoms with Crippen LogP contribution in [0.2, 0.25) is 10.0 Å². The molecule has 1 saturated heterocycles. The first-order valence-electron chi connectivity index (χ1n) is 7.15. The van der Waals surface area contributed by atoms with Gasteiger partial charge in [-0.25, -0.2) is 4.98 Å². The van der Waals surface area contributed by atoms with E-state index in [1.54, 1.807) is 6.07 Å². The number of hydrogen-bond acceptors (Lipinski definition) is 3. The predicted octanol–water partition coefficient (Wildman–Crippen LogP) is 3.85. The molecule has 0 atom stereocenters. The SMILES string of the molecule is Fc1cccc(N2CCN(Cc3ccc(Cl)c(Cl)c3)CC2)n1. The minimum absolute atomic E-state index is 0.435. The summed E-state index contributed by atoms with van der Waals surface area (Å²) in [6, 6.07) is 10.6. The van der Waals surface area contributed by atoms with Crippen LogP contribution in [0.3, 0.4) is 0 Å². The zero-order valence-corrected chi connectivity index (χ0v) is 13.5. The van der Waals surface area contributed by atoms with Gasteiger partial charge in [0.1, 0.15) is 5.82 Å². The molecule has 3 rings (SSSR count). The Balaban J connectivity index is 1.58. The van der Waals surface area contributed by atoms with Gasteiger partial charge in [0, 0.05) is 32.7 Å². The van der Waals surface area contributed by atoms with Crippen molar-refractivity contribution in [3.05, 3.63) is 58.0 Å². The van der Waals surface area contributed by atoms with Crippen molar-refractivity contribution in [1.82, 2.24) is 9.88 Å². The van der Waals surface area contributed by atoms with Gasteiger partial charge < -0.3 is 4.90 Å². The number of piperazine rings is 1. The van der Waals surface area contributed by atoms with Crippen molar-refractivity contribution < 1.29 is 4.39 Å². The molecule has 0 unspecified atom stereocenters. The van der Waals surface area contributed by atoms with Gasteiger partial charge in [-0.15, -0.1) is 0 Å². The smallest absolute Gasteiger partial charge is 0.214 e. The van der Waals surface area contributed by atoms with E-state index in [1.165, 1.54) is 6.07 Å². The van der Waals surface area contributed by atoms with Crippen molar-refractivity contribution in [1.29, 1.82) is 0 Å². The number of nitrogens with zero attached hydrogens (tertiary/aromatic N) is 3. The maximum Gasteiger partial charge on any atom is 0.214 e. The van der Waals surface area contributed by atoms with Gasteiger partial charge in [0.2, 0.25) is 5.95 Å². The third-order valence-corrected chi connectivity index (χ3v) is 4.53. The molecule has 0 bridgehead atoms. The van der Waals surface area contributed by atoms with Crippen LogP contribution >= 0.6 is 23.2 Å². The van der Waals surface area contributed by atoms with Crippen LogP contribution in [0.25, 0.3) is 0 Å². The third kappa shape index (κ3) is 3.69. The monoisotopic (exact) mass is 339 g/mol.